The van der Waals surface area contributed by atoms with Gasteiger partial charge in [0.1, 0.15) is 0 Å². The molecule has 0 aliphatic carbocycles. The van der Waals surface area contributed by atoms with Crippen molar-refractivity contribution in [2.24, 2.45) is 0 Å². The standard InChI is InChI=1S/C15H16OS/c16-10-11-17-12-13-6-8-15(9-7-13)14-4-2-1-3-5-14/h1-9,16H,10-12H2. The fourth-order valence-corrected chi connectivity index (χ4v) is 2.38. The molecule has 1 nitrogen and oxygen atoms in total. The highest BCUT2D eigenvalue weighted by Gasteiger charge is 1.97. The summed E-state index contributed by atoms with van der Waals surface area (Å²) in [5.74, 6) is 1.77. The van der Waals surface area contributed by atoms with Crippen LogP contribution in [0.5, 0.6) is 0 Å². The summed E-state index contributed by atoms with van der Waals surface area (Å²) >= 11 is 1.76. The maximum atomic E-state index is 8.72. The van der Waals surface area contributed by atoms with Crippen LogP contribution in [0.15, 0.2) is 54.6 Å². The van der Waals surface area contributed by atoms with Crippen molar-refractivity contribution in [2.75, 3.05) is 12.4 Å². The number of hydrogen-bond acceptors (Lipinski definition) is 2. The number of hydrogen-bond donors (Lipinski definition) is 1. The van der Waals surface area contributed by atoms with Gasteiger partial charge in [0, 0.05) is 11.5 Å². The third kappa shape index (κ3) is 3.62. The lowest BCUT2D eigenvalue weighted by Gasteiger charge is -2.04. The van der Waals surface area contributed by atoms with Crippen molar-refractivity contribution in [1.82, 2.24) is 0 Å². The molecular formula is C15H16OS. The molecule has 2 heteroatoms. The number of thioether (sulfide) groups is 1. The van der Waals surface area contributed by atoms with E-state index in [1.54, 1.807) is 11.8 Å². The van der Waals surface area contributed by atoms with E-state index in [-0.39, 0.29) is 6.61 Å². The molecule has 0 radical (unpaired) electrons. The van der Waals surface area contributed by atoms with Gasteiger partial charge in [-0.25, -0.2) is 0 Å². The molecule has 17 heavy (non-hydrogen) atoms. The summed E-state index contributed by atoms with van der Waals surface area (Å²) in [4.78, 5) is 0. The second-order valence-corrected chi connectivity index (χ2v) is 4.94. The smallest absolute Gasteiger partial charge is 0.0521 e. The summed E-state index contributed by atoms with van der Waals surface area (Å²) in [6.45, 7) is 0.257. The zero-order chi connectivity index (χ0) is 11.9. The molecule has 0 amide bonds. The third-order valence-corrected chi connectivity index (χ3v) is 3.57. The van der Waals surface area contributed by atoms with Crippen molar-refractivity contribution in [3.8, 4) is 11.1 Å². The summed E-state index contributed by atoms with van der Waals surface area (Å²) < 4.78 is 0. The van der Waals surface area contributed by atoms with Crippen LogP contribution in [0.2, 0.25) is 0 Å². The molecule has 88 valence electrons. The van der Waals surface area contributed by atoms with Gasteiger partial charge in [-0.15, -0.1) is 0 Å². The largest absolute Gasteiger partial charge is 0.396 e. The Morgan fingerprint density at radius 3 is 2.12 bits per heavy atom. The second kappa shape index (κ2) is 6.48. The van der Waals surface area contributed by atoms with E-state index < -0.39 is 0 Å². The van der Waals surface area contributed by atoms with Crippen LogP contribution < -0.4 is 0 Å². The fourth-order valence-electron chi connectivity index (χ4n) is 1.68. The monoisotopic (exact) mass is 244 g/mol. The van der Waals surface area contributed by atoms with Crippen LogP contribution in [0, 0.1) is 0 Å². The Kier molecular flexibility index (Phi) is 4.65. The lowest BCUT2D eigenvalue weighted by Crippen LogP contribution is -1.88. The molecule has 0 bridgehead atoms. The highest BCUT2D eigenvalue weighted by atomic mass is 32.2. The van der Waals surface area contributed by atoms with E-state index in [2.05, 4.69) is 48.5 Å². The maximum Gasteiger partial charge on any atom is 0.0521 e. The minimum absolute atomic E-state index is 0.257. The predicted octanol–water partition coefficient (Wildman–Crippen LogP) is 3.58. The molecular weight excluding hydrogens is 228 g/mol. The first-order chi connectivity index (χ1) is 8.40. The van der Waals surface area contributed by atoms with Gasteiger partial charge < -0.3 is 5.11 Å². The van der Waals surface area contributed by atoms with Gasteiger partial charge in [0.2, 0.25) is 0 Å². The summed E-state index contributed by atoms with van der Waals surface area (Å²) in [5, 5.41) is 8.72. The Labute approximate surface area is 107 Å². The number of rotatable bonds is 5. The van der Waals surface area contributed by atoms with Crippen molar-refractivity contribution in [3.63, 3.8) is 0 Å². The van der Waals surface area contributed by atoms with Gasteiger partial charge in [-0.3, -0.25) is 0 Å². The van der Waals surface area contributed by atoms with Crippen LogP contribution in [0.4, 0.5) is 0 Å². The van der Waals surface area contributed by atoms with Crippen LogP contribution in [-0.2, 0) is 5.75 Å². The zero-order valence-corrected chi connectivity index (χ0v) is 10.5. The SMILES string of the molecule is OCCSCc1ccc(-c2ccccc2)cc1. The van der Waals surface area contributed by atoms with Crippen LogP contribution in [0.1, 0.15) is 5.56 Å². The van der Waals surface area contributed by atoms with Crippen LogP contribution in [0.25, 0.3) is 11.1 Å². The molecule has 0 saturated heterocycles. The van der Waals surface area contributed by atoms with Gasteiger partial charge in [0.25, 0.3) is 0 Å². The van der Waals surface area contributed by atoms with Crippen molar-refractivity contribution in [1.29, 1.82) is 0 Å². The number of aliphatic hydroxyl groups excluding tert-OH is 1. The Bertz CT molecular complexity index is 436. The van der Waals surface area contributed by atoms with Crippen molar-refractivity contribution in [2.45, 2.75) is 5.75 Å². The maximum absolute atomic E-state index is 8.72. The topological polar surface area (TPSA) is 20.2 Å². The molecule has 0 unspecified atom stereocenters. The third-order valence-electron chi connectivity index (χ3n) is 2.57. The average Bonchev–Trinajstić information content (AvgIpc) is 2.41. The normalized spacial score (nSPS) is 10.4. The minimum atomic E-state index is 0.257. The molecule has 2 rings (SSSR count). The van der Waals surface area contributed by atoms with E-state index in [0.29, 0.717) is 0 Å². The van der Waals surface area contributed by atoms with Crippen molar-refractivity contribution < 1.29 is 5.11 Å². The Morgan fingerprint density at radius 1 is 0.824 bits per heavy atom. The van der Waals surface area contributed by atoms with E-state index in [0.717, 1.165) is 11.5 Å². The Morgan fingerprint density at radius 2 is 1.47 bits per heavy atom. The van der Waals surface area contributed by atoms with Crippen molar-refractivity contribution in [3.05, 3.63) is 60.2 Å². The molecule has 2 aromatic rings. The quantitative estimate of drug-likeness (QED) is 0.811. The van der Waals surface area contributed by atoms with Gasteiger partial charge in [0.15, 0.2) is 0 Å². The molecule has 2 aromatic carbocycles. The van der Waals surface area contributed by atoms with E-state index in [9.17, 15) is 0 Å². The summed E-state index contributed by atoms with van der Waals surface area (Å²) in [7, 11) is 0. The van der Waals surface area contributed by atoms with E-state index >= 15 is 0 Å². The summed E-state index contributed by atoms with van der Waals surface area (Å²) in [5.41, 5.74) is 3.81. The first-order valence-electron chi connectivity index (χ1n) is 5.73. The molecule has 0 atom stereocenters. The average molecular weight is 244 g/mol. The molecule has 0 saturated carbocycles. The summed E-state index contributed by atoms with van der Waals surface area (Å²) in [6, 6.07) is 19.0. The van der Waals surface area contributed by atoms with Gasteiger partial charge in [-0.1, -0.05) is 54.6 Å². The first-order valence-corrected chi connectivity index (χ1v) is 6.88. The van der Waals surface area contributed by atoms with Crippen molar-refractivity contribution >= 4 is 11.8 Å². The van der Waals surface area contributed by atoms with Gasteiger partial charge in [0.05, 0.1) is 6.61 Å². The lowest BCUT2D eigenvalue weighted by molar-refractivity contribution is 0.322. The minimum Gasteiger partial charge on any atom is -0.396 e. The summed E-state index contributed by atoms with van der Waals surface area (Å²) in [6.07, 6.45) is 0. The zero-order valence-electron chi connectivity index (χ0n) is 9.67. The van der Waals surface area contributed by atoms with Crippen LogP contribution in [-0.4, -0.2) is 17.5 Å². The molecule has 0 aromatic heterocycles. The van der Waals surface area contributed by atoms with Crippen LogP contribution >= 0.6 is 11.8 Å². The first kappa shape index (κ1) is 12.2. The van der Waals surface area contributed by atoms with E-state index in [1.165, 1.54) is 16.7 Å². The van der Waals surface area contributed by atoms with Gasteiger partial charge >= 0.3 is 0 Å². The second-order valence-electron chi connectivity index (χ2n) is 3.84. The lowest BCUT2D eigenvalue weighted by atomic mass is 10.0. The molecule has 0 spiro atoms. The molecule has 0 fully saturated rings. The molecule has 0 heterocycles. The molecule has 1 N–H and O–H groups in total. The molecule has 0 aliphatic heterocycles. The Hall–Kier alpha value is -1.25. The van der Waals surface area contributed by atoms with Crippen LogP contribution in [0.3, 0.4) is 0 Å². The predicted molar refractivity (Wildman–Crippen MR) is 75.1 cm³/mol. The highest BCUT2D eigenvalue weighted by molar-refractivity contribution is 7.98. The van der Waals surface area contributed by atoms with Gasteiger partial charge in [-0.2, -0.15) is 11.8 Å². The number of benzene rings is 2. The van der Waals surface area contributed by atoms with E-state index in [4.69, 9.17) is 5.11 Å². The molecule has 0 aliphatic rings. The van der Waals surface area contributed by atoms with Gasteiger partial charge in [-0.05, 0) is 16.7 Å². The van der Waals surface area contributed by atoms with E-state index in [1.807, 2.05) is 6.07 Å². The fraction of sp³-hybridized carbons (Fsp3) is 0.200. The highest BCUT2D eigenvalue weighted by Crippen LogP contribution is 2.20. The number of aliphatic hydroxyl groups is 1. The Balaban J connectivity index is 2.03.